The zero-order valence-corrected chi connectivity index (χ0v) is 18.1. The molecule has 2 aromatic heterocycles. The number of nitrogens with two attached hydrogens (primary N) is 1. The lowest BCUT2D eigenvalue weighted by Crippen LogP contribution is -2.44. The van der Waals surface area contributed by atoms with Crippen molar-refractivity contribution in [2.24, 2.45) is 0 Å². The Balaban J connectivity index is 1.89. The van der Waals surface area contributed by atoms with E-state index in [2.05, 4.69) is 15.3 Å². The number of carbonyl (C=O) groups is 1. The highest BCUT2D eigenvalue weighted by molar-refractivity contribution is 5.82. The third kappa shape index (κ3) is 5.14. The maximum absolute atomic E-state index is 12.2. The lowest BCUT2D eigenvalue weighted by atomic mass is 9.97. The van der Waals surface area contributed by atoms with Crippen LogP contribution in [0.25, 0.3) is 22.4 Å². The fourth-order valence-corrected chi connectivity index (χ4v) is 3.08. The average Bonchev–Trinajstić information content (AvgIpc) is 2.67. The molecule has 3 N–H and O–H groups in total. The Morgan fingerprint density at radius 1 is 0.933 bits per heavy atom. The van der Waals surface area contributed by atoms with Gasteiger partial charge in [-0.2, -0.15) is 0 Å². The van der Waals surface area contributed by atoms with Crippen LogP contribution in [0.3, 0.4) is 0 Å². The van der Waals surface area contributed by atoms with Crippen LogP contribution >= 0.6 is 0 Å². The highest BCUT2D eigenvalue weighted by Crippen LogP contribution is 2.32. The number of nitrogens with zero attached hydrogens (tertiary/aromatic N) is 2. The summed E-state index contributed by atoms with van der Waals surface area (Å²) in [6, 6.07) is 15.7. The lowest BCUT2D eigenvalue weighted by molar-refractivity contribution is 0.0468. The molecule has 1 aromatic carbocycles. The number of carbonyl (C=O) groups excluding carboxylic acids is 1. The summed E-state index contributed by atoms with van der Waals surface area (Å²) in [5, 5.41) is 2.88. The number of nitrogens with one attached hydrogen (secondary N) is 1. The van der Waals surface area contributed by atoms with Crippen molar-refractivity contribution in [3.8, 4) is 22.4 Å². The van der Waals surface area contributed by atoms with Crippen molar-refractivity contribution in [1.82, 2.24) is 15.3 Å². The molecule has 0 saturated heterocycles. The quantitative estimate of drug-likeness (QED) is 0.627. The SMILES string of the molecule is CC(C)(C)OC(=O)NC(C)(C)c1ccc(-c2ncc(N)cc2-c2ccccc2)cn1. The molecule has 3 aromatic rings. The molecule has 0 aliphatic heterocycles. The van der Waals surface area contributed by atoms with Gasteiger partial charge in [-0.05, 0) is 58.4 Å². The van der Waals surface area contributed by atoms with Crippen LogP contribution < -0.4 is 11.1 Å². The molecule has 0 saturated carbocycles. The van der Waals surface area contributed by atoms with Crippen LogP contribution in [-0.2, 0) is 10.3 Å². The molecule has 0 aliphatic carbocycles. The summed E-state index contributed by atoms with van der Waals surface area (Å²) in [6.07, 6.45) is 2.92. The van der Waals surface area contributed by atoms with E-state index >= 15 is 0 Å². The number of amides is 1. The number of anilines is 1. The standard InChI is InChI=1S/C24H28N4O2/c1-23(2,3)30-22(29)28-24(4,5)20-12-11-17(14-26-20)21-19(13-18(25)15-27-21)16-9-7-6-8-10-16/h6-15H,25H2,1-5H3,(H,28,29). The molecule has 0 fully saturated rings. The van der Waals surface area contributed by atoms with Crippen LogP contribution in [0.4, 0.5) is 10.5 Å². The van der Waals surface area contributed by atoms with E-state index in [1.807, 2.05) is 83.1 Å². The highest BCUT2D eigenvalue weighted by atomic mass is 16.6. The molecule has 0 unspecified atom stereocenters. The van der Waals surface area contributed by atoms with Gasteiger partial charge in [-0.15, -0.1) is 0 Å². The summed E-state index contributed by atoms with van der Waals surface area (Å²) in [5.74, 6) is 0. The van der Waals surface area contributed by atoms with Crippen molar-refractivity contribution in [2.45, 2.75) is 45.8 Å². The van der Waals surface area contributed by atoms with Gasteiger partial charge in [0, 0.05) is 17.3 Å². The Hall–Kier alpha value is -3.41. The Kier molecular flexibility index (Phi) is 5.78. The van der Waals surface area contributed by atoms with E-state index in [9.17, 15) is 4.79 Å². The zero-order valence-electron chi connectivity index (χ0n) is 18.1. The Morgan fingerprint density at radius 2 is 1.63 bits per heavy atom. The maximum Gasteiger partial charge on any atom is 0.408 e. The van der Waals surface area contributed by atoms with Gasteiger partial charge in [0.15, 0.2) is 0 Å². The van der Waals surface area contributed by atoms with Gasteiger partial charge in [0.2, 0.25) is 0 Å². The molecule has 0 spiro atoms. The van der Waals surface area contributed by atoms with Crippen LogP contribution in [0, 0.1) is 0 Å². The van der Waals surface area contributed by atoms with Crippen LogP contribution in [-0.4, -0.2) is 21.7 Å². The van der Waals surface area contributed by atoms with Crippen LogP contribution in [0.5, 0.6) is 0 Å². The lowest BCUT2D eigenvalue weighted by Gasteiger charge is -2.28. The van der Waals surface area contributed by atoms with Crippen LogP contribution in [0.1, 0.15) is 40.3 Å². The van der Waals surface area contributed by atoms with Gasteiger partial charge in [-0.25, -0.2) is 4.79 Å². The predicted molar refractivity (Wildman–Crippen MR) is 120 cm³/mol. The molecule has 156 valence electrons. The molecule has 0 aliphatic rings. The van der Waals surface area contributed by atoms with Crippen LogP contribution in [0.2, 0.25) is 0 Å². The fraction of sp³-hybridized carbons (Fsp3) is 0.292. The highest BCUT2D eigenvalue weighted by Gasteiger charge is 2.27. The molecular weight excluding hydrogens is 376 g/mol. The summed E-state index contributed by atoms with van der Waals surface area (Å²) >= 11 is 0. The number of benzene rings is 1. The first kappa shape index (κ1) is 21.3. The molecule has 3 rings (SSSR count). The van der Waals surface area contributed by atoms with Crippen molar-refractivity contribution in [2.75, 3.05) is 5.73 Å². The Bertz CT molecular complexity index is 1020. The molecule has 6 heteroatoms. The molecule has 0 radical (unpaired) electrons. The first-order valence-corrected chi connectivity index (χ1v) is 9.84. The van der Waals surface area contributed by atoms with Crippen molar-refractivity contribution in [3.05, 3.63) is 66.6 Å². The van der Waals surface area contributed by atoms with Crippen molar-refractivity contribution in [3.63, 3.8) is 0 Å². The van der Waals surface area contributed by atoms with Crippen molar-refractivity contribution >= 4 is 11.8 Å². The third-order valence-electron chi connectivity index (χ3n) is 4.48. The second-order valence-electron chi connectivity index (χ2n) is 8.71. The number of hydrogen-bond acceptors (Lipinski definition) is 5. The molecule has 0 atom stereocenters. The van der Waals surface area contributed by atoms with E-state index in [0.717, 1.165) is 22.4 Å². The summed E-state index contributed by atoms with van der Waals surface area (Å²) in [5.41, 5.74) is 9.68. The van der Waals surface area contributed by atoms with Gasteiger partial charge < -0.3 is 15.8 Å². The topological polar surface area (TPSA) is 90.1 Å². The Morgan fingerprint density at radius 3 is 2.23 bits per heavy atom. The first-order valence-electron chi connectivity index (χ1n) is 9.84. The Labute approximate surface area is 177 Å². The fourth-order valence-electron chi connectivity index (χ4n) is 3.08. The minimum absolute atomic E-state index is 0.482. The first-order chi connectivity index (χ1) is 14.0. The molecule has 2 heterocycles. The van der Waals surface area contributed by atoms with Gasteiger partial charge in [0.05, 0.1) is 28.8 Å². The number of rotatable bonds is 4. The van der Waals surface area contributed by atoms with Gasteiger partial charge in [-0.1, -0.05) is 30.3 Å². The summed E-state index contributed by atoms with van der Waals surface area (Å²) < 4.78 is 5.36. The maximum atomic E-state index is 12.2. The monoisotopic (exact) mass is 404 g/mol. The number of ether oxygens (including phenoxy) is 1. The van der Waals surface area contributed by atoms with Crippen molar-refractivity contribution < 1.29 is 9.53 Å². The summed E-state index contributed by atoms with van der Waals surface area (Å²) in [6.45, 7) is 9.26. The number of hydrogen-bond donors (Lipinski definition) is 2. The minimum atomic E-state index is -0.697. The van der Waals surface area contributed by atoms with E-state index in [-0.39, 0.29) is 0 Å². The molecule has 6 nitrogen and oxygen atoms in total. The van der Waals surface area contributed by atoms with Gasteiger partial charge >= 0.3 is 6.09 Å². The van der Waals surface area contributed by atoms with Crippen LogP contribution in [0.15, 0.2) is 60.9 Å². The second kappa shape index (κ2) is 8.14. The zero-order chi connectivity index (χ0) is 21.9. The normalized spacial score (nSPS) is 11.8. The largest absolute Gasteiger partial charge is 0.444 e. The van der Waals surface area contributed by atoms with E-state index in [1.54, 1.807) is 12.4 Å². The van der Waals surface area contributed by atoms with E-state index in [0.29, 0.717) is 11.4 Å². The van der Waals surface area contributed by atoms with Crippen molar-refractivity contribution in [1.29, 1.82) is 0 Å². The molecular formula is C24H28N4O2. The van der Waals surface area contributed by atoms with Gasteiger partial charge in [0.1, 0.15) is 5.60 Å². The third-order valence-corrected chi connectivity index (χ3v) is 4.48. The number of pyridine rings is 2. The summed E-state index contributed by atoms with van der Waals surface area (Å²) in [4.78, 5) is 21.3. The number of aromatic nitrogens is 2. The smallest absolute Gasteiger partial charge is 0.408 e. The molecule has 0 bridgehead atoms. The van der Waals surface area contributed by atoms with E-state index in [1.165, 1.54) is 0 Å². The molecule has 1 amide bonds. The average molecular weight is 405 g/mol. The van der Waals surface area contributed by atoms with Gasteiger partial charge in [0.25, 0.3) is 0 Å². The number of alkyl carbamates (subject to hydrolysis) is 1. The predicted octanol–water partition coefficient (Wildman–Crippen LogP) is 5.15. The summed E-state index contributed by atoms with van der Waals surface area (Å²) in [7, 11) is 0. The molecule has 30 heavy (non-hydrogen) atoms. The minimum Gasteiger partial charge on any atom is -0.444 e. The van der Waals surface area contributed by atoms with E-state index in [4.69, 9.17) is 10.5 Å². The van der Waals surface area contributed by atoms with E-state index < -0.39 is 17.2 Å². The number of nitrogen functional groups attached to an aromatic ring is 1. The van der Waals surface area contributed by atoms with Gasteiger partial charge in [-0.3, -0.25) is 9.97 Å². The second-order valence-corrected chi connectivity index (χ2v) is 8.71.